The summed E-state index contributed by atoms with van der Waals surface area (Å²) in [5.41, 5.74) is 6.86. The summed E-state index contributed by atoms with van der Waals surface area (Å²) in [6.45, 7) is 8.06. The lowest BCUT2D eigenvalue weighted by Gasteiger charge is -2.30. The Morgan fingerprint density at radius 3 is 2.22 bits per heavy atom. The van der Waals surface area contributed by atoms with Gasteiger partial charge in [-0.3, -0.25) is 4.79 Å². The summed E-state index contributed by atoms with van der Waals surface area (Å²) in [4.78, 5) is 14.4. The van der Waals surface area contributed by atoms with E-state index >= 15 is 0 Å². The van der Waals surface area contributed by atoms with Gasteiger partial charge in [-0.25, -0.2) is 0 Å². The fourth-order valence-corrected chi connectivity index (χ4v) is 1.70. The normalized spacial score (nSPS) is 11.1. The highest BCUT2D eigenvalue weighted by Gasteiger charge is 2.34. The predicted molar refractivity (Wildman–Crippen MR) is 79.8 cm³/mol. The molecule has 0 aliphatic heterocycles. The van der Waals surface area contributed by atoms with E-state index < -0.39 is 5.41 Å². The Morgan fingerprint density at radius 1 is 1.33 bits per heavy atom. The first kappa shape index (κ1) is 14.6. The van der Waals surface area contributed by atoms with E-state index in [1.165, 1.54) is 0 Å². The summed E-state index contributed by atoms with van der Waals surface area (Å²) in [5, 5.41) is 0. The lowest BCUT2D eigenvalue weighted by atomic mass is 9.91. The second kappa shape index (κ2) is 5.48. The van der Waals surface area contributed by atoms with Gasteiger partial charge in [0.1, 0.15) is 0 Å². The maximum absolute atomic E-state index is 12.5. The van der Waals surface area contributed by atoms with Gasteiger partial charge >= 0.3 is 0 Å². The van der Waals surface area contributed by atoms with Crippen LogP contribution in [0.5, 0.6) is 0 Å². The van der Waals surface area contributed by atoms with E-state index in [2.05, 4.69) is 0 Å². The van der Waals surface area contributed by atoms with Crippen LogP contribution in [0.3, 0.4) is 0 Å². The zero-order chi connectivity index (χ0) is 13.9. The number of thiocarbonyl (C=S) groups is 1. The highest BCUT2D eigenvalue weighted by Crippen LogP contribution is 2.24. The number of anilines is 1. The molecule has 0 aliphatic rings. The number of carbonyl (C=O) groups is 1. The molecule has 4 heteroatoms. The molecule has 0 bridgehead atoms. The number of aryl methyl sites for hydroxylation is 1. The average Bonchev–Trinajstić information content (AvgIpc) is 2.32. The second-order valence-electron chi connectivity index (χ2n) is 4.87. The Balaban J connectivity index is 3.08. The minimum Gasteiger partial charge on any atom is -0.392 e. The molecular weight excluding hydrogens is 244 g/mol. The number of carbonyl (C=O) groups excluding carboxylic acids is 1. The molecule has 0 saturated carbocycles. The van der Waals surface area contributed by atoms with Crippen molar-refractivity contribution in [2.75, 3.05) is 11.4 Å². The third kappa shape index (κ3) is 2.88. The van der Waals surface area contributed by atoms with Crippen molar-refractivity contribution < 1.29 is 4.79 Å². The van der Waals surface area contributed by atoms with Crippen molar-refractivity contribution in [2.45, 2.75) is 27.7 Å². The van der Waals surface area contributed by atoms with Crippen molar-refractivity contribution in [3.63, 3.8) is 0 Å². The molecule has 0 aliphatic carbocycles. The van der Waals surface area contributed by atoms with Crippen LogP contribution < -0.4 is 10.6 Å². The van der Waals surface area contributed by atoms with Crippen LogP contribution in [0.2, 0.25) is 0 Å². The summed E-state index contributed by atoms with van der Waals surface area (Å²) in [7, 11) is 0. The van der Waals surface area contributed by atoms with Gasteiger partial charge in [-0.05, 0) is 39.8 Å². The predicted octanol–water partition coefficient (Wildman–Crippen LogP) is 2.66. The largest absolute Gasteiger partial charge is 0.392 e. The summed E-state index contributed by atoms with van der Waals surface area (Å²) in [6, 6.07) is 7.84. The third-order valence-electron chi connectivity index (χ3n) is 3.06. The molecule has 0 heterocycles. The van der Waals surface area contributed by atoms with Gasteiger partial charge in [0, 0.05) is 12.2 Å². The fraction of sp³-hybridized carbons (Fsp3) is 0.429. The number of hydrogen-bond donors (Lipinski definition) is 1. The van der Waals surface area contributed by atoms with Crippen LogP contribution >= 0.6 is 12.2 Å². The van der Waals surface area contributed by atoms with Crippen LogP contribution in [-0.2, 0) is 4.79 Å². The zero-order valence-electron chi connectivity index (χ0n) is 11.4. The van der Waals surface area contributed by atoms with Crippen LogP contribution in [0.15, 0.2) is 24.3 Å². The van der Waals surface area contributed by atoms with Gasteiger partial charge in [-0.2, -0.15) is 0 Å². The first-order chi connectivity index (χ1) is 8.30. The summed E-state index contributed by atoms with van der Waals surface area (Å²) in [5.74, 6) is -0.0682. The molecule has 18 heavy (non-hydrogen) atoms. The number of benzene rings is 1. The van der Waals surface area contributed by atoms with Crippen LogP contribution in [-0.4, -0.2) is 17.4 Å². The van der Waals surface area contributed by atoms with E-state index in [0.29, 0.717) is 6.54 Å². The smallest absolute Gasteiger partial charge is 0.239 e. The SMILES string of the molecule is CCN(C(=O)C(C)(C)C(N)=S)c1ccc(C)cc1. The number of rotatable bonds is 4. The van der Waals surface area contributed by atoms with Crippen LogP contribution in [0.1, 0.15) is 26.3 Å². The van der Waals surface area contributed by atoms with Gasteiger partial charge in [-0.1, -0.05) is 29.9 Å². The number of hydrogen-bond acceptors (Lipinski definition) is 2. The fourth-order valence-electron chi connectivity index (χ4n) is 1.61. The van der Waals surface area contributed by atoms with Gasteiger partial charge < -0.3 is 10.6 Å². The summed E-state index contributed by atoms with van der Waals surface area (Å²) in [6.07, 6.45) is 0. The molecule has 1 rings (SSSR count). The third-order valence-corrected chi connectivity index (χ3v) is 3.57. The molecule has 2 N–H and O–H groups in total. The topological polar surface area (TPSA) is 46.3 Å². The first-order valence-corrected chi connectivity index (χ1v) is 6.40. The molecule has 0 unspecified atom stereocenters. The van der Waals surface area contributed by atoms with Gasteiger partial charge in [0.15, 0.2) is 0 Å². The van der Waals surface area contributed by atoms with E-state index in [1.54, 1.807) is 18.7 Å². The first-order valence-electron chi connectivity index (χ1n) is 5.99. The van der Waals surface area contributed by atoms with Gasteiger partial charge in [0.25, 0.3) is 0 Å². The molecule has 0 atom stereocenters. The maximum atomic E-state index is 12.5. The zero-order valence-corrected chi connectivity index (χ0v) is 12.2. The highest BCUT2D eigenvalue weighted by atomic mass is 32.1. The minimum absolute atomic E-state index is 0.0682. The standard InChI is InChI=1S/C14H20N2OS/c1-5-16(11-8-6-10(2)7-9-11)13(17)14(3,4)12(15)18/h6-9H,5H2,1-4H3,(H2,15,18). The van der Waals surface area contributed by atoms with E-state index in [4.69, 9.17) is 18.0 Å². The molecule has 0 saturated heterocycles. The van der Waals surface area contributed by atoms with Crippen molar-refractivity contribution in [1.29, 1.82) is 0 Å². The van der Waals surface area contributed by atoms with E-state index in [1.807, 2.05) is 38.1 Å². The molecule has 0 aromatic heterocycles. The molecule has 98 valence electrons. The summed E-state index contributed by atoms with van der Waals surface area (Å²) >= 11 is 4.98. The van der Waals surface area contributed by atoms with Crippen molar-refractivity contribution in [2.24, 2.45) is 11.1 Å². The van der Waals surface area contributed by atoms with Crippen LogP contribution in [0.4, 0.5) is 5.69 Å². The highest BCUT2D eigenvalue weighted by molar-refractivity contribution is 7.80. The van der Waals surface area contributed by atoms with E-state index in [-0.39, 0.29) is 10.9 Å². The molecular formula is C14H20N2OS. The van der Waals surface area contributed by atoms with Gasteiger partial charge in [-0.15, -0.1) is 0 Å². The molecule has 0 radical (unpaired) electrons. The average molecular weight is 264 g/mol. The Kier molecular flexibility index (Phi) is 4.46. The Labute approximate surface area is 114 Å². The van der Waals surface area contributed by atoms with Crippen molar-refractivity contribution in [1.82, 2.24) is 0 Å². The monoisotopic (exact) mass is 264 g/mol. The molecule has 0 fully saturated rings. The molecule has 0 spiro atoms. The van der Waals surface area contributed by atoms with Crippen molar-refractivity contribution in [3.05, 3.63) is 29.8 Å². The van der Waals surface area contributed by atoms with Gasteiger partial charge in [0.05, 0.1) is 10.4 Å². The molecule has 1 aromatic carbocycles. The van der Waals surface area contributed by atoms with Gasteiger partial charge in [0.2, 0.25) is 5.91 Å². The van der Waals surface area contributed by atoms with Crippen LogP contribution in [0.25, 0.3) is 0 Å². The molecule has 1 aromatic rings. The van der Waals surface area contributed by atoms with E-state index in [0.717, 1.165) is 11.3 Å². The Morgan fingerprint density at radius 2 is 1.83 bits per heavy atom. The van der Waals surface area contributed by atoms with Crippen molar-refractivity contribution in [3.8, 4) is 0 Å². The molecule has 1 amide bonds. The molecule has 3 nitrogen and oxygen atoms in total. The number of amides is 1. The van der Waals surface area contributed by atoms with Crippen molar-refractivity contribution >= 4 is 28.8 Å². The van der Waals surface area contributed by atoms with Crippen LogP contribution in [0, 0.1) is 12.3 Å². The van der Waals surface area contributed by atoms with E-state index in [9.17, 15) is 4.79 Å². The summed E-state index contributed by atoms with van der Waals surface area (Å²) < 4.78 is 0. The minimum atomic E-state index is -0.823. The quantitative estimate of drug-likeness (QED) is 0.850. The lowest BCUT2D eigenvalue weighted by molar-refractivity contribution is -0.123. The Hall–Kier alpha value is -1.42. The number of nitrogens with two attached hydrogens (primary N) is 1. The Bertz CT molecular complexity index is 451. The number of nitrogens with zero attached hydrogens (tertiary/aromatic N) is 1. The maximum Gasteiger partial charge on any atom is 0.239 e. The lowest BCUT2D eigenvalue weighted by Crippen LogP contribution is -2.47. The second-order valence-corrected chi connectivity index (χ2v) is 5.31.